The van der Waals surface area contributed by atoms with Gasteiger partial charge >= 0.3 is 6.09 Å². The number of benzene rings is 2. The molecule has 1 N–H and O–H groups in total. The van der Waals surface area contributed by atoms with Gasteiger partial charge in [-0.3, -0.25) is 5.32 Å². The lowest BCUT2D eigenvalue weighted by Crippen LogP contribution is -2.14. The summed E-state index contributed by atoms with van der Waals surface area (Å²) in [7, 11) is 1.37. The minimum atomic E-state index is -0.459. The SMILES string of the molecule is CCc1cc(C)c(C)cc1OCc1c(NC(=O)OC)cccc1C1CC1. The van der Waals surface area contributed by atoms with E-state index in [9.17, 15) is 4.79 Å². The van der Waals surface area contributed by atoms with Crippen molar-refractivity contribution in [3.63, 3.8) is 0 Å². The Morgan fingerprint density at radius 2 is 1.92 bits per heavy atom. The number of nitrogens with one attached hydrogen (secondary N) is 1. The van der Waals surface area contributed by atoms with Gasteiger partial charge in [0.15, 0.2) is 0 Å². The molecule has 1 fully saturated rings. The van der Waals surface area contributed by atoms with Crippen molar-refractivity contribution in [2.75, 3.05) is 12.4 Å². The van der Waals surface area contributed by atoms with Gasteiger partial charge in [0.05, 0.1) is 12.8 Å². The van der Waals surface area contributed by atoms with Gasteiger partial charge in [0.25, 0.3) is 0 Å². The molecule has 2 aromatic carbocycles. The molecule has 0 atom stereocenters. The molecule has 0 unspecified atom stereocenters. The molecule has 1 amide bonds. The van der Waals surface area contributed by atoms with Gasteiger partial charge in [-0.15, -0.1) is 0 Å². The van der Waals surface area contributed by atoms with Gasteiger partial charge in [-0.05, 0) is 73.4 Å². The maximum atomic E-state index is 11.7. The van der Waals surface area contributed by atoms with Crippen molar-refractivity contribution in [3.8, 4) is 5.75 Å². The Bertz CT molecular complexity index is 809. The zero-order valence-corrected chi connectivity index (χ0v) is 16.0. The van der Waals surface area contributed by atoms with Crippen molar-refractivity contribution < 1.29 is 14.3 Å². The monoisotopic (exact) mass is 353 g/mol. The average molecular weight is 353 g/mol. The highest BCUT2D eigenvalue weighted by Gasteiger charge is 2.27. The quantitative estimate of drug-likeness (QED) is 0.746. The molecule has 1 aliphatic carbocycles. The number of hydrogen-bond donors (Lipinski definition) is 1. The molecule has 2 aromatic rings. The number of methoxy groups -OCH3 is 1. The van der Waals surface area contributed by atoms with Crippen LogP contribution in [0.3, 0.4) is 0 Å². The Kier molecular flexibility index (Phi) is 5.50. The topological polar surface area (TPSA) is 47.6 Å². The fourth-order valence-corrected chi connectivity index (χ4v) is 3.23. The van der Waals surface area contributed by atoms with Crippen molar-refractivity contribution in [1.29, 1.82) is 0 Å². The van der Waals surface area contributed by atoms with E-state index < -0.39 is 6.09 Å². The van der Waals surface area contributed by atoms with Crippen LogP contribution in [0.25, 0.3) is 0 Å². The number of aryl methyl sites for hydroxylation is 3. The molecule has 0 heterocycles. The lowest BCUT2D eigenvalue weighted by molar-refractivity contribution is 0.187. The van der Waals surface area contributed by atoms with Crippen molar-refractivity contribution in [2.45, 2.75) is 52.6 Å². The maximum Gasteiger partial charge on any atom is 0.411 e. The van der Waals surface area contributed by atoms with Crippen LogP contribution in [0.4, 0.5) is 10.5 Å². The van der Waals surface area contributed by atoms with Crippen LogP contribution >= 0.6 is 0 Å². The highest BCUT2D eigenvalue weighted by Crippen LogP contribution is 2.43. The van der Waals surface area contributed by atoms with E-state index >= 15 is 0 Å². The number of hydrogen-bond acceptors (Lipinski definition) is 3. The van der Waals surface area contributed by atoms with E-state index in [4.69, 9.17) is 9.47 Å². The molecule has 0 saturated heterocycles. The first kappa shape index (κ1) is 18.3. The zero-order chi connectivity index (χ0) is 18.7. The summed E-state index contributed by atoms with van der Waals surface area (Å²) in [6.07, 6.45) is 2.85. The molecule has 26 heavy (non-hydrogen) atoms. The normalized spacial score (nSPS) is 13.4. The minimum Gasteiger partial charge on any atom is -0.489 e. The van der Waals surface area contributed by atoms with Gasteiger partial charge in [0.1, 0.15) is 12.4 Å². The summed E-state index contributed by atoms with van der Waals surface area (Å²) in [6.45, 7) is 6.80. The third-order valence-electron chi connectivity index (χ3n) is 5.08. The average Bonchev–Trinajstić information content (AvgIpc) is 3.47. The summed E-state index contributed by atoms with van der Waals surface area (Å²) in [5.41, 5.74) is 6.78. The standard InChI is InChI=1S/C22H27NO3/c1-5-16-11-14(2)15(3)12-21(16)26-13-19-18(17-9-10-17)7-6-8-20(19)23-22(24)25-4/h6-8,11-12,17H,5,9-10,13H2,1-4H3,(H,23,24). The smallest absolute Gasteiger partial charge is 0.411 e. The van der Waals surface area contributed by atoms with E-state index in [0.717, 1.165) is 23.4 Å². The number of carbonyl (C=O) groups is 1. The van der Waals surface area contributed by atoms with Crippen LogP contribution in [0, 0.1) is 13.8 Å². The van der Waals surface area contributed by atoms with E-state index in [0.29, 0.717) is 12.5 Å². The minimum absolute atomic E-state index is 0.432. The van der Waals surface area contributed by atoms with E-state index in [1.807, 2.05) is 12.1 Å². The number of amides is 1. The summed E-state index contributed by atoms with van der Waals surface area (Å²) in [5.74, 6) is 1.49. The second-order valence-corrected chi connectivity index (χ2v) is 6.95. The molecule has 1 aliphatic rings. The molecule has 3 rings (SSSR count). The Hall–Kier alpha value is -2.49. The molecule has 0 aliphatic heterocycles. The summed E-state index contributed by atoms with van der Waals surface area (Å²) < 4.78 is 11.0. The Balaban J connectivity index is 1.89. The molecule has 4 nitrogen and oxygen atoms in total. The van der Waals surface area contributed by atoms with Gasteiger partial charge in [0.2, 0.25) is 0 Å². The first-order valence-electron chi connectivity index (χ1n) is 9.23. The zero-order valence-electron chi connectivity index (χ0n) is 16.0. The number of ether oxygens (including phenoxy) is 2. The van der Waals surface area contributed by atoms with Gasteiger partial charge in [-0.2, -0.15) is 0 Å². The van der Waals surface area contributed by atoms with Crippen molar-refractivity contribution in [2.24, 2.45) is 0 Å². The van der Waals surface area contributed by atoms with Crippen LogP contribution in [0.5, 0.6) is 5.75 Å². The highest BCUT2D eigenvalue weighted by molar-refractivity contribution is 5.86. The highest BCUT2D eigenvalue weighted by atomic mass is 16.5. The molecule has 1 saturated carbocycles. The van der Waals surface area contributed by atoms with Crippen LogP contribution in [-0.2, 0) is 17.8 Å². The molecule has 138 valence electrons. The van der Waals surface area contributed by atoms with Gasteiger partial charge in [-0.1, -0.05) is 25.1 Å². The van der Waals surface area contributed by atoms with E-state index in [-0.39, 0.29) is 0 Å². The fourth-order valence-electron chi connectivity index (χ4n) is 3.23. The summed E-state index contributed by atoms with van der Waals surface area (Å²) in [4.78, 5) is 11.7. The second-order valence-electron chi connectivity index (χ2n) is 6.95. The third kappa shape index (κ3) is 4.01. The number of anilines is 1. The van der Waals surface area contributed by atoms with E-state index in [2.05, 4.69) is 44.3 Å². The Morgan fingerprint density at radius 3 is 2.58 bits per heavy atom. The largest absolute Gasteiger partial charge is 0.489 e. The molecule has 0 radical (unpaired) electrons. The lowest BCUT2D eigenvalue weighted by Gasteiger charge is -2.18. The maximum absolute atomic E-state index is 11.7. The molecular formula is C22H27NO3. The first-order valence-corrected chi connectivity index (χ1v) is 9.23. The van der Waals surface area contributed by atoms with Crippen molar-refractivity contribution in [3.05, 3.63) is 58.1 Å². The lowest BCUT2D eigenvalue weighted by atomic mass is 10.0. The van der Waals surface area contributed by atoms with E-state index in [1.54, 1.807) is 0 Å². The van der Waals surface area contributed by atoms with Crippen LogP contribution in [-0.4, -0.2) is 13.2 Å². The Labute approximate surface area is 155 Å². The van der Waals surface area contributed by atoms with E-state index in [1.165, 1.54) is 42.2 Å². The first-order chi connectivity index (χ1) is 12.5. The summed E-state index contributed by atoms with van der Waals surface area (Å²) >= 11 is 0. The Morgan fingerprint density at radius 1 is 1.19 bits per heavy atom. The van der Waals surface area contributed by atoms with Crippen molar-refractivity contribution in [1.82, 2.24) is 0 Å². The molecule has 0 spiro atoms. The van der Waals surface area contributed by atoms with Crippen LogP contribution in [0.2, 0.25) is 0 Å². The molecule has 0 aromatic heterocycles. The predicted molar refractivity (Wildman–Crippen MR) is 104 cm³/mol. The van der Waals surface area contributed by atoms with Gasteiger partial charge < -0.3 is 9.47 Å². The number of carbonyl (C=O) groups excluding carboxylic acids is 1. The number of rotatable bonds is 6. The van der Waals surface area contributed by atoms with Crippen molar-refractivity contribution >= 4 is 11.8 Å². The van der Waals surface area contributed by atoms with Gasteiger partial charge in [0, 0.05) is 5.56 Å². The van der Waals surface area contributed by atoms with Crippen LogP contribution in [0.15, 0.2) is 30.3 Å². The van der Waals surface area contributed by atoms with Crippen LogP contribution in [0.1, 0.15) is 53.5 Å². The predicted octanol–water partition coefficient (Wildman–Crippen LogP) is 5.50. The summed E-state index contributed by atoms with van der Waals surface area (Å²) in [6, 6.07) is 10.3. The van der Waals surface area contributed by atoms with Crippen LogP contribution < -0.4 is 10.1 Å². The second kappa shape index (κ2) is 7.81. The summed E-state index contributed by atoms with van der Waals surface area (Å²) in [5, 5.41) is 2.83. The third-order valence-corrected chi connectivity index (χ3v) is 5.08. The van der Waals surface area contributed by atoms with Gasteiger partial charge in [-0.25, -0.2) is 4.79 Å². The molecule has 0 bridgehead atoms. The molecular weight excluding hydrogens is 326 g/mol. The molecule has 4 heteroatoms. The fraction of sp³-hybridized carbons (Fsp3) is 0.409.